The number of sulfonamides is 1. The highest BCUT2D eigenvalue weighted by Crippen LogP contribution is 2.26. The molecule has 2 atom stereocenters. The van der Waals surface area contributed by atoms with Crippen LogP contribution in [0.1, 0.15) is 18.9 Å². The molecule has 0 saturated carbocycles. The number of nitrogens with two attached hydrogens (primary N) is 1. The number of benzene rings is 1. The van der Waals surface area contributed by atoms with Gasteiger partial charge in [0, 0.05) is 18.7 Å². The minimum atomic E-state index is -3.55. The molecule has 20 heavy (non-hydrogen) atoms. The maximum atomic E-state index is 12.5. The van der Waals surface area contributed by atoms with E-state index < -0.39 is 16.1 Å². The van der Waals surface area contributed by atoms with Crippen molar-refractivity contribution in [3.05, 3.63) is 29.8 Å². The van der Waals surface area contributed by atoms with Gasteiger partial charge in [-0.2, -0.15) is 4.31 Å². The fourth-order valence-electron chi connectivity index (χ4n) is 2.32. The molecular weight excluding hydrogens is 296 g/mol. The SMILES string of the molecule is CC(O)C1CCN(S(=O)(=O)c2cccc(C(N)=S)c2)C1. The third kappa shape index (κ3) is 3.01. The van der Waals surface area contributed by atoms with Crippen LogP contribution in [0, 0.1) is 5.92 Å². The highest BCUT2D eigenvalue weighted by molar-refractivity contribution is 7.89. The second-order valence-corrected chi connectivity index (χ2v) is 7.42. The summed E-state index contributed by atoms with van der Waals surface area (Å²) < 4.78 is 26.5. The summed E-state index contributed by atoms with van der Waals surface area (Å²) in [4.78, 5) is 0.361. The minimum absolute atomic E-state index is 0.0106. The van der Waals surface area contributed by atoms with Crippen molar-refractivity contribution in [3.63, 3.8) is 0 Å². The summed E-state index contributed by atoms with van der Waals surface area (Å²) in [6, 6.07) is 6.34. The van der Waals surface area contributed by atoms with Crippen LogP contribution >= 0.6 is 12.2 Å². The Morgan fingerprint density at radius 1 is 1.55 bits per heavy atom. The largest absolute Gasteiger partial charge is 0.393 e. The Balaban J connectivity index is 2.27. The molecule has 1 aromatic rings. The van der Waals surface area contributed by atoms with Crippen LogP contribution in [0.5, 0.6) is 0 Å². The van der Waals surface area contributed by atoms with Gasteiger partial charge in [0.1, 0.15) is 4.99 Å². The number of thiocarbonyl (C=S) groups is 1. The van der Waals surface area contributed by atoms with Gasteiger partial charge >= 0.3 is 0 Å². The minimum Gasteiger partial charge on any atom is -0.393 e. The second kappa shape index (κ2) is 5.77. The van der Waals surface area contributed by atoms with Gasteiger partial charge in [0.05, 0.1) is 11.0 Å². The first-order chi connectivity index (χ1) is 9.32. The Hall–Kier alpha value is -1.02. The normalized spacial score (nSPS) is 21.8. The van der Waals surface area contributed by atoms with Crippen LogP contribution in [0.2, 0.25) is 0 Å². The molecule has 7 heteroatoms. The molecule has 0 aromatic heterocycles. The zero-order chi connectivity index (χ0) is 14.9. The van der Waals surface area contributed by atoms with Gasteiger partial charge in [0.2, 0.25) is 10.0 Å². The summed E-state index contributed by atoms with van der Waals surface area (Å²) in [5.74, 6) is -0.0106. The fourth-order valence-corrected chi connectivity index (χ4v) is 4.01. The summed E-state index contributed by atoms with van der Waals surface area (Å²) in [6.45, 7) is 2.46. The van der Waals surface area contributed by atoms with Crippen molar-refractivity contribution in [3.8, 4) is 0 Å². The molecule has 1 heterocycles. The van der Waals surface area contributed by atoms with Crippen molar-refractivity contribution < 1.29 is 13.5 Å². The van der Waals surface area contributed by atoms with E-state index >= 15 is 0 Å². The number of aliphatic hydroxyl groups is 1. The maximum absolute atomic E-state index is 12.5. The van der Waals surface area contributed by atoms with Gasteiger partial charge in [-0.25, -0.2) is 8.42 Å². The number of hydrogen-bond acceptors (Lipinski definition) is 4. The highest BCUT2D eigenvalue weighted by Gasteiger charge is 2.34. The number of hydrogen-bond donors (Lipinski definition) is 2. The smallest absolute Gasteiger partial charge is 0.243 e. The second-order valence-electron chi connectivity index (χ2n) is 5.04. The Labute approximate surface area is 124 Å². The molecule has 1 saturated heterocycles. The first kappa shape index (κ1) is 15.4. The zero-order valence-corrected chi connectivity index (χ0v) is 12.8. The highest BCUT2D eigenvalue weighted by atomic mass is 32.2. The first-order valence-corrected chi connectivity index (χ1v) is 8.25. The Morgan fingerprint density at radius 2 is 2.25 bits per heavy atom. The molecule has 2 unspecified atom stereocenters. The molecule has 0 spiro atoms. The third-order valence-electron chi connectivity index (χ3n) is 3.63. The van der Waals surface area contributed by atoms with Crippen LogP contribution in [0.3, 0.4) is 0 Å². The van der Waals surface area contributed by atoms with Crippen LogP contribution in [0.15, 0.2) is 29.2 Å². The summed E-state index contributed by atoms with van der Waals surface area (Å²) in [6.07, 6.45) is 0.171. The van der Waals surface area contributed by atoms with E-state index in [1.54, 1.807) is 19.1 Å². The van der Waals surface area contributed by atoms with Crippen LogP contribution < -0.4 is 5.73 Å². The average molecular weight is 314 g/mol. The summed E-state index contributed by atoms with van der Waals surface area (Å²) in [5.41, 5.74) is 6.07. The van der Waals surface area contributed by atoms with Gasteiger partial charge < -0.3 is 10.8 Å². The fraction of sp³-hybridized carbons (Fsp3) is 0.462. The Kier molecular flexibility index (Phi) is 4.43. The van der Waals surface area contributed by atoms with Crippen LogP contribution in [0.4, 0.5) is 0 Å². The lowest BCUT2D eigenvalue weighted by atomic mass is 10.0. The number of aliphatic hydroxyl groups excluding tert-OH is 1. The van der Waals surface area contributed by atoms with E-state index in [4.69, 9.17) is 18.0 Å². The molecule has 0 amide bonds. The molecule has 0 radical (unpaired) electrons. The number of nitrogens with zero attached hydrogens (tertiary/aromatic N) is 1. The molecule has 3 N–H and O–H groups in total. The van der Waals surface area contributed by atoms with Crippen molar-refractivity contribution >= 4 is 27.2 Å². The molecule has 110 valence electrons. The lowest BCUT2D eigenvalue weighted by Gasteiger charge is -2.18. The van der Waals surface area contributed by atoms with Crippen LogP contribution in [-0.2, 0) is 10.0 Å². The van der Waals surface area contributed by atoms with Gasteiger partial charge in [-0.15, -0.1) is 0 Å². The van der Waals surface area contributed by atoms with Gasteiger partial charge in [-0.05, 0) is 31.4 Å². The summed E-state index contributed by atoms with van der Waals surface area (Å²) in [5, 5.41) is 9.57. The van der Waals surface area contributed by atoms with Crippen molar-refractivity contribution in [2.75, 3.05) is 13.1 Å². The maximum Gasteiger partial charge on any atom is 0.243 e. The molecule has 1 aromatic carbocycles. The predicted octanol–water partition coefficient (Wildman–Crippen LogP) is 0.712. The van der Waals surface area contributed by atoms with E-state index in [1.807, 2.05) is 0 Å². The van der Waals surface area contributed by atoms with Gasteiger partial charge in [-0.3, -0.25) is 0 Å². The predicted molar refractivity (Wildman–Crippen MR) is 80.9 cm³/mol. The van der Waals surface area contributed by atoms with E-state index in [-0.39, 0.29) is 15.8 Å². The van der Waals surface area contributed by atoms with E-state index in [0.29, 0.717) is 25.1 Å². The lowest BCUT2D eigenvalue weighted by molar-refractivity contribution is 0.133. The van der Waals surface area contributed by atoms with Crippen molar-refractivity contribution in [2.45, 2.75) is 24.3 Å². The number of rotatable bonds is 4. The van der Waals surface area contributed by atoms with Crippen molar-refractivity contribution in [1.29, 1.82) is 0 Å². The molecule has 1 aliphatic rings. The van der Waals surface area contributed by atoms with Gasteiger partial charge in [0.25, 0.3) is 0 Å². The molecule has 0 bridgehead atoms. The zero-order valence-electron chi connectivity index (χ0n) is 11.2. The van der Waals surface area contributed by atoms with E-state index in [9.17, 15) is 13.5 Å². The summed E-state index contributed by atoms with van der Waals surface area (Å²) >= 11 is 4.87. The molecule has 5 nitrogen and oxygen atoms in total. The standard InChI is InChI=1S/C13H18N2O3S2/c1-9(16)11-5-6-15(8-11)20(17,18)12-4-2-3-10(7-12)13(14)19/h2-4,7,9,11,16H,5-6,8H2,1H3,(H2,14,19). The molecule has 2 rings (SSSR count). The van der Waals surface area contributed by atoms with Gasteiger partial charge in [0.15, 0.2) is 0 Å². The summed E-state index contributed by atoms with van der Waals surface area (Å²) in [7, 11) is -3.55. The Bertz CT molecular complexity index is 614. The van der Waals surface area contributed by atoms with E-state index in [0.717, 1.165) is 0 Å². The average Bonchev–Trinajstić information content (AvgIpc) is 2.89. The van der Waals surface area contributed by atoms with E-state index in [1.165, 1.54) is 16.4 Å². The monoisotopic (exact) mass is 314 g/mol. The quantitative estimate of drug-likeness (QED) is 0.800. The first-order valence-electron chi connectivity index (χ1n) is 6.40. The molecule has 1 aliphatic heterocycles. The van der Waals surface area contributed by atoms with Crippen LogP contribution in [0.25, 0.3) is 0 Å². The topological polar surface area (TPSA) is 83.6 Å². The van der Waals surface area contributed by atoms with Crippen LogP contribution in [-0.4, -0.2) is 42.0 Å². The Morgan fingerprint density at radius 3 is 2.80 bits per heavy atom. The van der Waals surface area contributed by atoms with Gasteiger partial charge in [-0.1, -0.05) is 24.4 Å². The van der Waals surface area contributed by atoms with Crippen molar-refractivity contribution in [2.24, 2.45) is 11.7 Å². The molecule has 0 aliphatic carbocycles. The lowest BCUT2D eigenvalue weighted by Crippen LogP contribution is -2.30. The van der Waals surface area contributed by atoms with Crippen molar-refractivity contribution in [1.82, 2.24) is 4.31 Å². The third-order valence-corrected chi connectivity index (χ3v) is 5.72. The van der Waals surface area contributed by atoms with E-state index in [2.05, 4.69) is 0 Å². The molecule has 1 fully saturated rings. The molecular formula is C13H18N2O3S2.